The van der Waals surface area contributed by atoms with Crippen molar-refractivity contribution in [1.29, 1.82) is 0 Å². The third-order valence-electron chi connectivity index (χ3n) is 3.69. The van der Waals surface area contributed by atoms with E-state index in [1.165, 1.54) is 0 Å². The summed E-state index contributed by atoms with van der Waals surface area (Å²) < 4.78 is 5.92. The SMILES string of the molecule is CC1CN(CCC(N)c2ccc(Cl)cc2)CC(C)(C)O1. The number of nitrogens with zero attached hydrogens (tertiary/aromatic N) is 1. The van der Waals surface area contributed by atoms with Crippen LogP contribution in [0, 0.1) is 0 Å². The van der Waals surface area contributed by atoms with Crippen molar-refractivity contribution in [2.45, 2.75) is 44.9 Å². The van der Waals surface area contributed by atoms with Gasteiger partial charge in [-0.05, 0) is 44.9 Å². The maximum atomic E-state index is 6.26. The van der Waals surface area contributed by atoms with E-state index in [0.29, 0.717) is 0 Å². The molecule has 1 aromatic carbocycles. The quantitative estimate of drug-likeness (QED) is 0.927. The fourth-order valence-corrected chi connectivity index (χ4v) is 3.08. The zero-order valence-corrected chi connectivity index (χ0v) is 13.4. The van der Waals surface area contributed by atoms with Crippen LogP contribution in [0.3, 0.4) is 0 Å². The molecular formula is C16H25ClN2O. The molecule has 1 saturated heterocycles. The Balaban J connectivity index is 1.86. The van der Waals surface area contributed by atoms with E-state index < -0.39 is 0 Å². The normalized spacial score (nSPS) is 24.6. The summed E-state index contributed by atoms with van der Waals surface area (Å²) in [6.07, 6.45) is 1.23. The van der Waals surface area contributed by atoms with Gasteiger partial charge in [0.15, 0.2) is 0 Å². The average Bonchev–Trinajstić information content (AvgIpc) is 2.34. The molecule has 2 atom stereocenters. The van der Waals surface area contributed by atoms with Gasteiger partial charge in [0.2, 0.25) is 0 Å². The first-order chi connectivity index (χ1) is 9.35. The summed E-state index contributed by atoms with van der Waals surface area (Å²) in [5.41, 5.74) is 7.34. The second-order valence-electron chi connectivity index (χ2n) is 6.37. The second-order valence-corrected chi connectivity index (χ2v) is 6.81. The minimum absolute atomic E-state index is 0.0635. The van der Waals surface area contributed by atoms with E-state index in [4.69, 9.17) is 22.1 Å². The average molecular weight is 297 g/mol. The number of nitrogens with two attached hydrogens (primary N) is 1. The van der Waals surface area contributed by atoms with Crippen molar-refractivity contribution in [3.05, 3.63) is 34.9 Å². The highest BCUT2D eigenvalue weighted by Gasteiger charge is 2.31. The topological polar surface area (TPSA) is 38.5 Å². The van der Waals surface area contributed by atoms with Gasteiger partial charge in [0.25, 0.3) is 0 Å². The molecule has 20 heavy (non-hydrogen) atoms. The van der Waals surface area contributed by atoms with Crippen LogP contribution in [0.2, 0.25) is 5.02 Å². The van der Waals surface area contributed by atoms with Gasteiger partial charge in [-0.15, -0.1) is 0 Å². The maximum Gasteiger partial charge on any atom is 0.0757 e. The first-order valence-electron chi connectivity index (χ1n) is 7.27. The summed E-state index contributed by atoms with van der Waals surface area (Å²) in [5, 5.41) is 0.754. The Labute approximate surface area is 127 Å². The van der Waals surface area contributed by atoms with Crippen LogP contribution in [-0.2, 0) is 4.74 Å². The van der Waals surface area contributed by atoms with E-state index in [2.05, 4.69) is 25.7 Å². The molecule has 2 rings (SSSR count). The largest absolute Gasteiger partial charge is 0.370 e. The van der Waals surface area contributed by atoms with Crippen LogP contribution < -0.4 is 5.73 Å². The molecule has 0 saturated carbocycles. The second kappa shape index (κ2) is 6.44. The monoisotopic (exact) mass is 296 g/mol. The highest BCUT2D eigenvalue weighted by atomic mass is 35.5. The maximum absolute atomic E-state index is 6.26. The summed E-state index contributed by atoms with van der Waals surface area (Å²) >= 11 is 5.90. The van der Waals surface area contributed by atoms with Crippen LogP contribution in [0.5, 0.6) is 0 Å². The molecule has 0 radical (unpaired) electrons. The van der Waals surface area contributed by atoms with Gasteiger partial charge in [0.05, 0.1) is 11.7 Å². The molecule has 1 aliphatic heterocycles. The van der Waals surface area contributed by atoms with E-state index >= 15 is 0 Å². The molecule has 3 nitrogen and oxygen atoms in total. The first kappa shape index (κ1) is 15.8. The Kier molecular flexibility index (Phi) is 5.08. The van der Waals surface area contributed by atoms with E-state index in [0.717, 1.165) is 36.6 Å². The molecule has 0 amide bonds. The molecule has 0 aliphatic carbocycles. The molecule has 0 spiro atoms. The molecule has 2 N–H and O–H groups in total. The standard InChI is InChI=1S/C16H25ClN2O/c1-12-10-19(11-16(2,3)20-12)9-8-15(18)13-4-6-14(17)7-5-13/h4-7,12,15H,8-11,18H2,1-3H3. The molecular weight excluding hydrogens is 272 g/mol. The number of halogens is 1. The molecule has 1 aliphatic rings. The number of rotatable bonds is 4. The minimum Gasteiger partial charge on any atom is -0.370 e. The lowest BCUT2D eigenvalue weighted by molar-refractivity contribution is -0.128. The smallest absolute Gasteiger partial charge is 0.0757 e. The van der Waals surface area contributed by atoms with Crippen LogP contribution in [0.25, 0.3) is 0 Å². The van der Waals surface area contributed by atoms with E-state index in [-0.39, 0.29) is 17.7 Å². The highest BCUT2D eigenvalue weighted by molar-refractivity contribution is 6.30. The predicted octanol–water partition coefficient (Wildman–Crippen LogP) is 3.23. The number of ether oxygens (including phenoxy) is 1. The van der Waals surface area contributed by atoms with E-state index in [9.17, 15) is 0 Å². The Hall–Kier alpha value is -0.610. The summed E-state index contributed by atoms with van der Waals surface area (Å²) in [4.78, 5) is 2.45. The van der Waals surface area contributed by atoms with Crippen molar-refractivity contribution in [3.8, 4) is 0 Å². The summed E-state index contributed by atoms with van der Waals surface area (Å²) in [5.74, 6) is 0. The van der Waals surface area contributed by atoms with Crippen molar-refractivity contribution >= 4 is 11.6 Å². The fraction of sp³-hybridized carbons (Fsp3) is 0.625. The number of hydrogen-bond acceptors (Lipinski definition) is 3. The Morgan fingerprint density at radius 2 is 2.05 bits per heavy atom. The summed E-state index contributed by atoms with van der Waals surface area (Å²) in [7, 11) is 0. The highest BCUT2D eigenvalue weighted by Crippen LogP contribution is 2.23. The van der Waals surface area contributed by atoms with Gasteiger partial charge >= 0.3 is 0 Å². The van der Waals surface area contributed by atoms with Gasteiger partial charge in [0.1, 0.15) is 0 Å². The lowest BCUT2D eigenvalue weighted by Crippen LogP contribution is -2.52. The number of hydrogen-bond donors (Lipinski definition) is 1. The fourth-order valence-electron chi connectivity index (χ4n) is 2.95. The van der Waals surface area contributed by atoms with E-state index in [1.54, 1.807) is 0 Å². The zero-order valence-electron chi connectivity index (χ0n) is 12.6. The van der Waals surface area contributed by atoms with Gasteiger partial charge in [-0.25, -0.2) is 0 Å². The molecule has 112 valence electrons. The number of benzene rings is 1. The molecule has 1 aromatic rings. The Morgan fingerprint density at radius 1 is 1.40 bits per heavy atom. The van der Waals surface area contributed by atoms with Crippen LogP contribution in [0.15, 0.2) is 24.3 Å². The van der Waals surface area contributed by atoms with Crippen molar-refractivity contribution < 1.29 is 4.74 Å². The summed E-state index contributed by atoms with van der Waals surface area (Å²) in [6, 6.07) is 7.89. The van der Waals surface area contributed by atoms with Crippen LogP contribution in [-0.4, -0.2) is 36.2 Å². The van der Waals surface area contributed by atoms with Gasteiger partial charge in [-0.3, -0.25) is 4.90 Å². The molecule has 0 aromatic heterocycles. The molecule has 1 fully saturated rings. The first-order valence-corrected chi connectivity index (χ1v) is 7.65. The molecule has 1 heterocycles. The van der Waals surface area contributed by atoms with Crippen molar-refractivity contribution in [2.75, 3.05) is 19.6 Å². The lowest BCUT2D eigenvalue weighted by atomic mass is 10.0. The lowest BCUT2D eigenvalue weighted by Gasteiger charge is -2.42. The van der Waals surface area contributed by atoms with Crippen molar-refractivity contribution in [2.24, 2.45) is 5.73 Å². The Morgan fingerprint density at radius 3 is 2.65 bits per heavy atom. The Bertz CT molecular complexity index is 433. The van der Waals surface area contributed by atoms with Crippen molar-refractivity contribution in [3.63, 3.8) is 0 Å². The predicted molar refractivity (Wildman–Crippen MR) is 84.1 cm³/mol. The van der Waals surface area contributed by atoms with Gasteiger partial charge in [-0.1, -0.05) is 23.7 Å². The van der Waals surface area contributed by atoms with Gasteiger partial charge in [-0.2, -0.15) is 0 Å². The van der Waals surface area contributed by atoms with Crippen LogP contribution in [0.4, 0.5) is 0 Å². The van der Waals surface area contributed by atoms with Crippen LogP contribution >= 0.6 is 11.6 Å². The third-order valence-corrected chi connectivity index (χ3v) is 3.95. The molecule has 0 bridgehead atoms. The van der Waals surface area contributed by atoms with E-state index in [1.807, 2.05) is 24.3 Å². The third kappa shape index (κ3) is 4.45. The zero-order chi connectivity index (χ0) is 14.8. The number of morpholine rings is 1. The van der Waals surface area contributed by atoms with Gasteiger partial charge < -0.3 is 10.5 Å². The van der Waals surface area contributed by atoms with Crippen molar-refractivity contribution in [1.82, 2.24) is 4.90 Å². The summed E-state index contributed by atoms with van der Waals surface area (Å²) in [6.45, 7) is 9.37. The molecule has 4 heteroatoms. The minimum atomic E-state index is -0.0674. The van der Waals surface area contributed by atoms with Crippen LogP contribution in [0.1, 0.15) is 38.8 Å². The molecule has 2 unspecified atom stereocenters. The van der Waals surface area contributed by atoms with Gasteiger partial charge in [0, 0.05) is 30.7 Å².